The van der Waals surface area contributed by atoms with Crippen molar-refractivity contribution in [3.63, 3.8) is 0 Å². The monoisotopic (exact) mass is 353 g/mol. The molecule has 4 nitrogen and oxygen atoms in total. The number of halogens is 1. The normalized spacial score (nSPS) is 11.4. The summed E-state index contributed by atoms with van der Waals surface area (Å²) in [6.45, 7) is 2.87. The molecule has 0 saturated heterocycles. The standard InChI is InChI=1S/C17H20ClNO3S/c1-2-3-12-22-15-8-10-16(11-9-15)23(20,21)19-13-14-6-4-5-7-17(14)18/h4-11,19H,2-3,12-13H2,1H3. The van der Waals surface area contributed by atoms with Gasteiger partial charge in [-0.15, -0.1) is 0 Å². The molecule has 0 bridgehead atoms. The van der Waals surface area contributed by atoms with Crippen LogP contribution in [0, 0.1) is 0 Å². The van der Waals surface area contributed by atoms with Gasteiger partial charge in [-0.05, 0) is 42.3 Å². The summed E-state index contributed by atoms with van der Waals surface area (Å²) in [5, 5.41) is 0.537. The van der Waals surface area contributed by atoms with Gasteiger partial charge in [-0.3, -0.25) is 0 Å². The molecule has 0 atom stereocenters. The first kappa shape index (κ1) is 17.8. The molecule has 0 amide bonds. The van der Waals surface area contributed by atoms with Crippen LogP contribution in [-0.4, -0.2) is 15.0 Å². The van der Waals surface area contributed by atoms with Gasteiger partial charge in [-0.25, -0.2) is 13.1 Å². The molecule has 2 aromatic rings. The highest BCUT2D eigenvalue weighted by Crippen LogP contribution is 2.18. The highest BCUT2D eigenvalue weighted by Gasteiger charge is 2.14. The summed E-state index contributed by atoms with van der Waals surface area (Å²) < 4.78 is 32.7. The van der Waals surface area contributed by atoms with Crippen molar-refractivity contribution in [1.29, 1.82) is 0 Å². The average Bonchev–Trinajstić information content (AvgIpc) is 2.55. The summed E-state index contributed by atoms with van der Waals surface area (Å²) in [7, 11) is -3.58. The van der Waals surface area contributed by atoms with Crippen molar-refractivity contribution < 1.29 is 13.2 Å². The molecule has 0 aliphatic heterocycles. The highest BCUT2D eigenvalue weighted by molar-refractivity contribution is 7.89. The zero-order valence-corrected chi connectivity index (χ0v) is 14.5. The Morgan fingerprint density at radius 3 is 2.43 bits per heavy atom. The zero-order valence-electron chi connectivity index (χ0n) is 13.0. The van der Waals surface area contributed by atoms with E-state index in [4.69, 9.17) is 16.3 Å². The lowest BCUT2D eigenvalue weighted by Gasteiger charge is -2.09. The Balaban J connectivity index is 2.00. The number of sulfonamides is 1. The van der Waals surface area contributed by atoms with Gasteiger partial charge in [0.1, 0.15) is 5.75 Å². The Morgan fingerprint density at radius 1 is 1.09 bits per heavy atom. The second-order valence-electron chi connectivity index (χ2n) is 5.09. The van der Waals surface area contributed by atoms with Crippen LogP contribution in [-0.2, 0) is 16.6 Å². The van der Waals surface area contributed by atoms with Crippen LogP contribution in [0.1, 0.15) is 25.3 Å². The van der Waals surface area contributed by atoms with Crippen LogP contribution in [0.4, 0.5) is 0 Å². The molecule has 1 N–H and O–H groups in total. The molecule has 0 heterocycles. The lowest BCUT2D eigenvalue weighted by Crippen LogP contribution is -2.23. The van der Waals surface area contributed by atoms with Gasteiger partial charge in [-0.2, -0.15) is 0 Å². The van der Waals surface area contributed by atoms with Gasteiger partial charge >= 0.3 is 0 Å². The summed E-state index contributed by atoms with van der Waals surface area (Å²) in [4.78, 5) is 0.201. The quantitative estimate of drug-likeness (QED) is 0.730. The maximum atomic E-state index is 12.3. The third-order valence-electron chi connectivity index (χ3n) is 3.31. The smallest absolute Gasteiger partial charge is 0.240 e. The fourth-order valence-electron chi connectivity index (χ4n) is 1.95. The van der Waals surface area contributed by atoms with E-state index < -0.39 is 10.0 Å². The van der Waals surface area contributed by atoms with Crippen molar-refractivity contribution in [2.45, 2.75) is 31.2 Å². The summed E-state index contributed by atoms with van der Waals surface area (Å²) in [6.07, 6.45) is 2.03. The van der Waals surface area contributed by atoms with Crippen molar-refractivity contribution in [2.24, 2.45) is 0 Å². The van der Waals surface area contributed by atoms with E-state index in [1.807, 2.05) is 6.07 Å². The van der Waals surface area contributed by atoms with E-state index in [1.165, 1.54) is 12.1 Å². The second-order valence-corrected chi connectivity index (χ2v) is 7.26. The van der Waals surface area contributed by atoms with Crippen molar-refractivity contribution in [2.75, 3.05) is 6.61 Å². The predicted molar refractivity (Wildman–Crippen MR) is 92.3 cm³/mol. The predicted octanol–water partition coefficient (Wildman–Crippen LogP) is 4.00. The van der Waals surface area contributed by atoms with Crippen molar-refractivity contribution >= 4 is 21.6 Å². The van der Waals surface area contributed by atoms with Gasteiger partial charge in [0.05, 0.1) is 11.5 Å². The Morgan fingerprint density at radius 2 is 1.78 bits per heavy atom. The number of hydrogen-bond acceptors (Lipinski definition) is 3. The van der Waals surface area contributed by atoms with Crippen molar-refractivity contribution in [1.82, 2.24) is 4.72 Å². The third kappa shape index (κ3) is 5.23. The van der Waals surface area contributed by atoms with E-state index in [0.29, 0.717) is 17.4 Å². The van der Waals surface area contributed by atoms with Crippen LogP contribution < -0.4 is 9.46 Å². The molecule has 2 rings (SSSR count). The highest BCUT2D eigenvalue weighted by atomic mass is 35.5. The summed E-state index contributed by atoms with van der Waals surface area (Å²) >= 11 is 6.03. The molecule has 0 saturated carbocycles. The maximum Gasteiger partial charge on any atom is 0.240 e. The molecule has 6 heteroatoms. The Labute approximate surface area is 142 Å². The molecule has 0 fully saturated rings. The van der Waals surface area contributed by atoms with Gasteiger partial charge in [0.15, 0.2) is 0 Å². The van der Waals surface area contributed by atoms with E-state index in [0.717, 1.165) is 18.4 Å². The first-order valence-corrected chi connectivity index (χ1v) is 9.35. The van der Waals surface area contributed by atoms with Crippen LogP contribution >= 0.6 is 11.6 Å². The van der Waals surface area contributed by atoms with E-state index in [-0.39, 0.29) is 11.4 Å². The molecular weight excluding hydrogens is 334 g/mol. The number of nitrogens with one attached hydrogen (secondary N) is 1. The molecular formula is C17H20ClNO3S. The first-order chi connectivity index (χ1) is 11.0. The lowest BCUT2D eigenvalue weighted by atomic mass is 10.2. The second kappa shape index (κ2) is 8.34. The fourth-order valence-corrected chi connectivity index (χ4v) is 3.16. The molecule has 0 radical (unpaired) electrons. The SMILES string of the molecule is CCCCOc1ccc(S(=O)(=O)NCc2ccccc2Cl)cc1. The van der Waals surface area contributed by atoms with Gasteiger partial charge in [-0.1, -0.05) is 43.1 Å². The summed E-state index contributed by atoms with van der Waals surface area (Å²) in [5.41, 5.74) is 0.734. The number of benzene rings is 2. The molecule has 0 aliphatic carbocycles. The Hall–Kier alpha value is -1.56. The summed E-state index contributed by atoms with van der Waals surface area (Å²) in [6, 6.07) is 13.5. The van der Waals surface area contributed by atoms with Crippen molar-refractivity contribution in [3.05, 3.63) is 59.1 Å². The number of ether oxygens (including phenoxy) is 1. The number of hydrogen-bond donors (Lipinski definition) is 1. The lowest BCUT2D eigenvalue weighted by molar-refractivity contribution is 0.309. The van der Waals surface area contributed by atoms with E-state index >= 15 is 0 Å². The van der Waals surface area contributed by atoms with Gasteiger partial charge < -0.3 is 4.74 Å². The minimum absolute atomic E-state index is 0.150. The van der Waals surface area contributed by atoms with Crippen LogP contribution in [0.3, 0.4) is 0 Å². The Bertz CT molecular complexity index is 730. The van der Waals surface area contributed by atoms with E-state index in [1.54, 1.807) is 30.3 Å². The van der Waals surface area contributed by atoms with E-state index in [9.17, 15) is 8.42 Å². The number of unbranched alkanes of at least 4 members (excludes halogenated alkanes) is 1. The molecule has 2 aromatic carbocycles. The molecule has 23 heavy (non-hydrogen) atoms. The van der Waals surface area contributed by atoms with Crippen LogP contribution in [0.25, 0.3) is 0 Å². The number of rotatable bonds is 8. The molecule has 0 aliphatic rings. The minimum Gasteiger partial charge on any atom is -0.494 e. The van der Waals surface area contributed by atoms with Gasteiger partial charge in [0.2, 0.25) is 10.0 Å². The maximum absolute atomic E-state index is 12.3. The van der Waals surface area contributed by atoms with Crippen LogP contribution in [0.5, 0.6) is 5.75 Å². The average molecular weight is 354 g/mol. The van der Waals surface area contributed by atoms with E-state index in [2.05, 4.69) is 11.6 Å². The Kier molecular flexibility index (Phi) is 6.45. The molecule has 0 aromatic heterocycles. The van der Waals surface area contributed by atoms with Crippen LogP contribution in [0.15, 0.2) is 53.4 Å². The zero-order chi connectivity index (χ0) is 16.7. The summed E-state index contributed by atoms with van der Waals surface area (Å²) in [5.74, 6) is 0.670. The molecule has 0 unspecified atom stereocenters. The largest absolute Gasteiger partial charge is 0.494 e. The van der Waals surface area contributed by atoms with Crippen LogP contribution in [0.2, 0.25) is 5.02 Å². The third-order valence-corrected chi connectivity index (χ3v) is 5.10. The molecule has 124 valence electrons. The van der Waals surface area contributed by atoms with Gasteiger partial charge in [0.25, 0.3) is 0 Å². The van der Waals surface area contributed by atoms with Crippen molar-refractivity contribution in [3.8, 4) is 5.75 Å². The molecule has 0 spiro atoms. The topological polar surface area (TPSA) is 55.4 Å². The van der Waals surface area contributed by atoms with Gasteiger partial charge in [0, 0.05) is 11.6 Å². The minimum atomic E-state index is -3.58. The first-order valence-electron chi connectivity index (χ1n) is 7.49. The fraction of sp³-hybridized carbons (Fsp3) is 0.294.